The summed E-state index contributed by atoms with van der Waals surface area (Å²) in [5, 5.41) is 2.91. The molecule has 4 rings (SSSR count). The van der Waals surface area contributed by atoms with E-state index < -0.39 is 0 Å². The van der Waals surface area contributed by atoms with Crippen LogP contribution in [0, 0.1) is 5.82 Å². The molecule has 1 aromatic heterocycles. The van der Waals surface area contributed by atoms with Crippen LogP contribution < -0.4 is 0 Å². The summed E-state index contributed by atoms with van der Waals surface area (Å²) in [7, 11) is 0. The zero-order valence-electron chi connectivity index (χ0n) is 11.7. The summed E-state index contributed by atoms with van der Waals surface area (Å²) in [5.74, 6) is 0.692. The van der Waals surface area contributed by atoms with E-state index in [4.69, 9.17) is 4.99 Å². The van der Waals surface area contributed by atoms with Crippen molar-refractivity contribution in [3.63, 3.8) is 0 Å². The second-order valence-corrected chi connectivity index (χ2v) is 7.06. The van der Waals surface area contributed by atoms with Crippen molar-refractivity contribution in [3.8, 4) is 0 Å². The Morgan fingerprint density at radius 2 is 2.27 bits per heavy atom. The van der Waals surface area contributed by atoms with Gasteiger partial charge in [0, 0.05) is 28.3 Å². The number of rotatable bonds is 2. The lowest BCUT2D eigenvalue weighted by molar-refractivity contribution is 0.560. The molecule has 0 spiro atoms. The highest BCUT2D eigenvalue weighted by Crippen LogP contribution is 2.36. The number of thiazole rings is 1. The van der Waals surface area contributed by atoms with E-state index in [-0.39, 0.29) is 11.9 Å². The Hall–Kier alpha value is -1.53. The topological polar surface area (TPSA) is 28.5 Å². The number of nitrogens with zero attached hydrogens (tertiary/aromatic N) is 3. The summed E-state index contributed by atoms with van der Waals surface area (Å²) < 4.78 is 14.1. The molecule has 0 saturated carbocycles. The number of allylic oxidation sites excluding steroid dienone is 1. The van der Waals surface area contributed by atoms with Crippen molar-refractivity contribution in [1.29, 1.82) is 0 Å². The molecule has 6 heteroatoms. The van der Waals surface area contributed by atoms with Crippen molar-refractivity contribution in [2.24, 2.45) is 4.99 Å². The molecule has 112 valence electrons. The Balaban J connectivity index is 1.80. The molecule has 3 heterocycles. The Morgan fingerprint density at radius 1 is 1.36 bits per heavy atom. The summed E-state index contributed by atoms with van der Waals surface area (Å²) in [4.78, 5) is 11.6. The van der Waals surface area contributed by atoms with E-state index in [0.29, 0.717) is 0 Å². The summed E-state index contributed by atoms with van der Waals surface area (Å²) >= 11 is 5.06. The minimum Gasteiger partial charge on any atom is -0.328 e. The third-order valence-electron chi connectivity index (χ3n) is 3.93. The maximum atomic E-state index is 13.3. The van der Waals surface area contributed by atoms with Gasteiger partial charge in [-0.3, -0.25) is 4.99 Å². The SMILES string of the molecule is Fc1ccc(C2C=C3CCCN3C(c3nccs3)=N2)c(Br)c1. The Labute approximate surface area is 140 Å². The molecule has 0 radical (unpaired) electrons. The molecule has 2 aliphatic rings. The standard InChI is InChI=1S/C16H13BrFN3S/c17-13-8-10(18)3-4-12(13)14-9-11-2-1-6-21(11)15(20-14)16-19-5-7-22-16/h3-5,7-9,14H,1-2,6H2. The lowest BCUT2D eigenvalue weighted by Gasteiger charge is -2.28. The predicted molar refractivity (Wildman–Crippen MR) is 89.5 cm³/mol. The van der Waals surface area contributed by atoms with Gasteiger partial charge in [0.2, 0.25) is 0 Å². The van der Waals surface area contributed by atoms with E-state index in [1.165, 1.54) is 17.8 Å². The van der Waals surface area contributed by atoms with E-state index in [2.05, 4.69) is 31.9 Å². The highest BCUT2D eigenvalue weighted by molar-refractivity contribution is 9.10. The Bertz CT molecular complexity index is 770. The van der Waals surface area contributed by atoms with Crippen LogP contribution >= 0.6 is 27.3 Å². The molecule has 1 atom stereocenters. The summed E-state index contributed by atoms with van der Waals surface area (Å²) in [6.07, 6.45) is 6.18. The molecule has 2 aliphatic heterocycles. The third-order valence-corrected chi connectivity index (χ3v) is 5.39. The maximum Gasteiger partial charge on any atom is 0.165 e. The average molecular weight is 378 g/mol. The molecule has 1 saturated heterocycles. The minimum absolute atomic E-state index is 0.0989. The first-order valence-electron chi connectivity index (χ1n) is 7.13. The van der Waals surface area contributed by atoms with E-state index in [1.54, 1.807) is 23.6 Å². The number of hydrogen-bond donors (Lipinski definition) is 0. The molecule has 3 nitrogen and oxygen atoms in total. The number of hydrogen-bond acceptors (Lipinski definition) is 4. The van der Waals surface area contributed by atoms with Gasteiger partial charge in [-0.25, -0.2) is 9.37 Å². The molecule has 1 aromatic carbocycles. The monoisotopic (exact) mass is 377 g/mol. The van der Waals surface area contributed by atoms with Gasteiger partial charge in [0.1, 0.15) is 5.82 Å². The number of fused-ring (bicyclic) bond motifs is 1. The first kappa shape index (κ1) is 14.1. The van der Waals surface area contributed by atoms with Gasteiger partial charge in [0.25, 0.3) is 0 Å². The average Bonchev–Trinajstić information content (AvgIpc) is 3.17. The van der Waals surface area contributed by atoms with Crippen molar-refractivity contribution >= 4 is 33.1 Å². The van der Waals surface area contributed by atoms with Crippen LogP contribution in [-0.2, 0) is 0 Å². The lowest BCUT2D eigenvalue weighted by atomic mass is 10.0. The lowest BCUT2D eigenvalue weighted by Crippen LogP contribution is -2.30. The van der Waals surface area contributed by atoms with Crippen LogP contribution in [0.2, 0.25) is 0 Å². The first-order chi connectivity index (χ1) is 10.7. The van der Waals surface area contributed by atoms with Gasteiger partial charge in [-0.2, -0.15) is 0 Å². The maximum absolute atomic E-state index is 13.3. The smallest absolute Gasteiger partial charge is 0.165 e. The number of halogens is 2. The van der Waals surface area contributed by atoms with Gasteiger partial charge in [-0.05, 0) is 36.6 Å². The first-order valence-corrected chi connectivity index (χ1v) is 8.80. The van der Waals surface area contributed by atoms with Crippen LogP contribution in [0.15, 0.2) is 51.0 Å². The van der Waals surface area contributed by atoms with E-state index in [1.807, 2.05) is 5.38 Å². The molecular weight excluding hydrogens is 365 g/mol. The number of amidine groups is 1. The Morgan fingerprint density at radius 3 is 3.05 bits per heavy atom. The van der Waals surface area contributed by atoms with Crippen LogP contribution in [0.3, 0.4) is 0 Å². The van der Waals surface area contributed by atoms with Crippen LogP contribution in [0.25, 0.3) is 0 Å². The van der Waals surface area contributed by atoms with Gasteiger partial charge in [-0.1, -0.05) is 22.0 Å². The van der Waals surface area contributed by atoms with Crippen molar-refractivity contribution < 1.29 is 4.39 Å². The molecule has 0 amide bonds. The predicted octanol–water partition coefficient (Wildman–Crippen LogP) is 4.53. The largest absolute Gasteiger partial charge is 0.328 e. The van der Waals surface area contributed by atoms with Crippen LogP contribution in [-0.4, -0.2) is 22.3 Å². The summed E-state index contributed by atoms with van der Waals surface area (Å²) in [6, 6.07) is 4.68. The van der Waals surface area contributed by atoms with E-state index >= 15 is 0 Å². The fraction of sp³-hybridized carbons (Fsp3) is 0.250. The van der Waals surface area contributed by atoms with Crippen LogP contribution in [0.4, 0.5) is 4.39 Å². The van der Waals surface area contributed by atoms with Crippen molar-refractivity contribution in [2.75, 3.05) is 6.54 Å². The van der Waals surface area contributed by atoms with Crippen LogP contribution in [0.1, 0.15) is 29.5 Å². The molecule has 2 aromatic rings. The van der Waals surface area contributed by atoms with Crippen molar-refractivity contribution in [3.05, 3.63) is 62.4 Å². The highest BCUT2D eigenvalue weighted by Gasteiger charge is 2.30. The van der Waals surface area contributed by atoms with Gasteiger partial charge >= 0.3 is 0 Å². The highest BCUT2D eigenvalue weighted by atomic mass is 79.9. The fourth-order valence-electron chi connectivity index (χ4n) is 2.94. The molecule has 0 aliphatic carbocycles. The van der Waals surface area contributed by atoms with Crippen molar-refractivity contribution in [1.82, 2.24) is 9.88 Å². The van der Waals surface area contributed by atoms with E-state index in [9.17, 15) is 4.39 Å². The second-order valence-electron chi connectivity index (χ2n) is 5.31. The number of benzene rings is 1. The molecular formula is C16H13BrFN3S. The number of aromatic nitrogens is 1. The zero-order valence-corrected chi connectivity index (χ0v) is 14.1. The summed E-state index contributed by atoms with van der Waals surface area (Å²) in [5.41, 5.74) is 2.27. The molecule has 0 N–H and O–H groups in total. The van der Waals surface area contributed by atoms with Gasteiger partial charge in [-0.15, -0.1) is 11.3 Å². The molecule has 0 bridgehead atoms. The fourth-order valence-corrected chi connectivity index (χ4v) is 4.16. The quantitative estimate of drug-likeness (QED) is 0.769. The van der Waals surface area contributed by atoms with Crippen molar-refractivity contribution in [2.45, 2.75) is 18.9 Å². The zero-order chi connectivity index (χ0) is 15.1. The van der Waals surface area contributed by atoms with Gasteiger partial charge in [0.15, 0.2) is 10.8 Å². The summed E-state index contributed by atoms with van der Waals surface area (Å²) in [6.45, 7) is 0.988. The van der Waals surface area contributed by atoms with E-state index in [0.717, 1.165) is 40.3 Å². The molecule has 1 fully saturated rings. The minimum atomic E-state index is -0.245. The molecule has 22 heavy (non-hydrogen) atoms. The van der Waals surface area contributed by atoms with Crippen LogP contribution in [0.5, 0.6) is 0 Å². The van der Waals surface area contributed by atoms with Gasteiger partial charge in [0.05, 0.1) is 6.04 Å². The molecule has 1 unspecified atom stereocenters. The normalized spacial score (nSPS) is 20.6. The Kier molecular flexibility index (Phi) is 3.58. The van der Waals surface area contributed by atoms with Gasteiger partial charge < -0.3 is 4.90 Å². The number of aliphatic imine (C=N–C) groups is 1. The third kappa shape index (κ3) is 2.40. The second kappa shape index (κ2) is 5.59.